The van der Waals surface area contributed by atoms with E-state index in [9.17, 15) is 23.8 Å². The lowest BCUT2D eigenvalue weighted by atomic mass is 9.94. The molecule has 3 aromatic rings. The van der Waals surface area contributed by atoms with Crippen LogP contribution in [-0.2, 0) is 11.2 Å². The quantitative estimate of drug-likeness (QED) is 0.346. The molecule has 5 nitrogen and oxygen atoms in total. The van der Waals surface area contributed by atoms with Gasteiger partial charge in [-0.2, -0.15) is 0 Å². The van der Waals surface area contributed by atoms with Gasteiger partial charge in [-0.15, -0.1) is 0 Å². The fraction of sp³-hybridized carbons (Fsp3) is 0.387. The molecule has 0 unspecified atom stereocenters. The number of aliphatic hydroxyl groups excluding tert-OH is 1. The van der Waals surface area contributed by atoms with Gasteiger partial charge in [-0.3, -0.25) is 4.90 Å². The summed E-state index contributed by atoms with van der Waals surface area (Å²) in [6, 6.07) is 18.0. The Labute approximate surface area is 222 Å². The van der Waals surface area contributed by atoms with E-state index in [4.69, 9.17) is 4.74 Å². The average Bonchev–Trinajstić information content (AvgIpc) is 3.22. The first-order valence-corrected chi connectivity index (χ1v) is 13.0. The molecule has 1 aliphatic heterocycles. The molecule has 2 N–H and O–H groups in total. The third-order valence-corrected chi connectivity index (χ3v) is 7.33. The zero-order chi connectivity index (χ0) is 27.4. The number of halogens is 2. The summed E-state index contributed by atoms with van der Waals surface area (Å²) in [4.78, 5) is 13.3. The number of alkyl halides is 1. The van der Waals surface area contributed by atoms with Crippen LogP contribution < -0.4 is 0 Å². The molecule has 7 heteroatoms. The van der Waals surface area contributed by atoms with Crippen molar-refractivity contribution in [2.24, 2.45) is 0 Å². The van der Waals surface area contributed by atoms with Gasteiger partial charge >= 0.3 is 5.97 Å². The molecule has 0 bridgehead atoms. The van der Waals surface area contributed by atoms with Gasteiger partial charge in [0.1, 0.15) is 12.0 Å². The van der Waals surface area contributed by atoms with E-state index in [1.54, 1.807) is 32.0 Å². The highest BCUT2D eigenvalue weighted by Crippen LogP contribution is 2.31. The van der Waals surface area contributed by atoms with Crippen LogP contribution in [0.2, 0.25) is 0 Å². The Balaban J connectivity index is 1.38. The van der Waals surface area contributed by atoms with E-state index < -0.39 is 18.2 Å². The van der Waals surface area contributed by atoms with Crippen molar-refractivity contribution < 1.29 is 28.5 Å². The number of likely N-dealkylation sites (tertiary alicyclic amines) is 1. The number of aromatic carboxylic acids is 1. The summed E-state index contributed by atoms with van der Waals surface area (Å²) in [6.45, 7) is 5.97. The molecular weight excluding hydrogens is 488 g/mol. The number of carboxylic acids is 1. The van der Waals surface area contributed by atoms with Crippen LogP contribution in [-0.4, -0.2) is 59.1 Å². The van der Waals surface area contributed by atoms with E-state index in [-0.39, 0.29) is 43.2 Å². The number of benzene rings is 3. The van der Waals surface area contributed by atoms with Gasteiger partial charge in [0.15, 0.2) is 0 Å². The second-order valence-electron chi connectivity index (χ2n) is 10.3. The number of β-amino-alcohol motifs (C(OH)–C–C–N with tert-alkyl or cyclic N) is 1. The minimum atomic E-state index is -0.981. The number of aliphatic hydroxyl groups is 1. The zero-order valence-corrected chi connectivity index (χ0v) is 22.0. The van der Waals surface area contributed by atoms with E-state index >= 15 is 0 Å². The van der Waals surface area contributed by atoms with Crippen molar-refractivity contribution in [3.63, 3.8) is 0 Å². The zero-order valence-electron chi connectivity index (χ0n) is 22.0. The highest BCUT2D eigenvalue weighted by molar-refractivity contribution is 5.90. The summed E-state index contributed by atoms with van der Waals surface area (Å²) in [7, 11) is 0. The maximum Gasteiger partial charge on any atom is 0.335 e. The number of hydrogen-bond acceptors (Lipinski definition) is 4. The molecule has 0 aliphatic carbocycles. The number of aryl methyl sites for hydroxylation is 2. The molecule has 202 valence electrons. The molecule has 1 fully saturated rings. The van der Waals surface area contributed by atoms with Gasteiger partial charge in [0.25, 0.3) is 0 Å². The van der Waals surface area contributed by atoms with Crippen molar-refractivity contribution >= 4 is 5.97 Å². The Kier molecular flexibility index (Phi) is 8.92. The minimum absolute atomic E-state index is 0.0752. The van der Waals surface area contributed by atoms with Crippen LogP contribution in [0.25, 0.3) is 11.1 Å². The van der Waals surface area contributed by atoms with E-state index in [0.29, 0.717) is 24.0 Å². The van der Waals surface area contributed by atoms with Crippen LogP contribution in [0.5, 0.6) is 0 Å². The first-order valence-electron chi connectivity index (χ1n) is 13.0. The standard InChI is InChI=1S/C31H35F2NO4/c1-19-8-9-22(14-30(19)33)13-25-15-24(32)16-34(25)17-26(35)18-38-21(3)28-6-4-5-7-29(28)23-10-11-27(31(36)37)20(2)12-23/h4-12,14,21,24-26,35H,13,15-18H2,1-3H3,(H,36,37)/t21-,24+,25-,26-/m1/s1. The molecule has 1 saturated heterocycles. The normalized spacial score (nSPS) is 19.4. The van der Waals surface area contributed by atoms with Gasteiger partial charge in [0, 0.05) is 19.1 Å². The molecular formula is C31H35F2NO4. The molecule has 0 amide bonds. The molecule has 1 heterocycles. The van der Waals surface area contributed by atoms with Crippen molar-refractivity contribution in [2.75, 3.05) is 19.7 Å². The fourth-order valence-electron chi connectivity index (χ4n) is 5.25. The third kappa shape index (κ3) is 6.65. The third-order valence-electron chi connectivity index (χ3n) is 7.33. The largest absolute Gasteiger partial charge is 0.478 e. The molecule has 4 atom stereocenters. The lowest BCUT2D eigenvalue weighted by Gasteiger charge is -2.27. The summed E-state index contributed by atoms with van der Waals surface area (Å²) in [5.41, 5.74) is 5.08. The van der Waals surface area contributed by atoms with Crippen LogP contribution in [0.3, 0.4) is 0 Å². The summed E-state index contributed by atoms with van der Waals surface area (Å²) in [6.07, 6.45) is -1.25. The number of nitrogens with zero attached hydrogens (tertiary/aromatic N) is 1. The number of hydrogen-bond donors (Lipinski definition) is 2. The molecule has 0 radical (unpaired) electrons. The first-order chi connectivity index (χ1) is 18.1. The Bertz CT molecular complexity index is 1280. The van der Waals surface area contributed by atoms with Gasteiger partial charge in [0.2, 0.25) is 0 Å². The molecule has 1 aliphatic rings. The number of ether oxygens (including phenoxy) is 1. The van der Waals surface area contributed by atoms with Gasteiger partial charge in [-0.05, 0) is 79.1 Å². The lowest BCUT2D eigenvalue weighted by molar-refractivity contribution is -0.0173. The fourth-order valence-corrected chi connectivity index (χ4v) is 5.25. The predicted molar refractivity (Wildman–Crippen MR) is 144 cm³/mol. The Morgan fingerprint density at radius 1 is 1.11 bits per heavy atom. The van der Waals surface area contributed by atoms with Crippen molar-refractivity contribution in [1.29, 1.82) is 0 Å². The Morgan fingerprint density at radius 3 is 2.58 bits per heavy atom. The summed E-state index contributed by atoms with van der Waals surface area (Å²) >= 11 is 0. The van der Waals surface area contributed by atoms with Crippen molar-refractivity contribution in [2.45, 2.75) is 58.0 Å². The van der Waals surface area contributed by atoms with Gasteiger partial charge in [-0.25, -0.2) is 13.6 Å². The van der Waals surface area contributed by atoms with Crippen molar-refractivity contribution in [3.05, 3.63) is 94.3 Å². The van der Waals surface area contributed by atoms with E-state index in [2.05, 4.69) is 0 Å². The van der Waals surface area contributed by atoms with E-state index in [0.717, 1.165) is 22.3 Å². The first kappa shape index (κ1) is 27.9. The number of carbonyl (C=O) groups is 1. The maximum atomic E-state index is 14.3. The van der Waals surface area contributed by atoms with Crippen LogP contribution >= 0.6 is 0 Å². The van der Waals surface area contributed by atoms with Crippen LogP contribution in [0, 0.1) is 19.7 Å². The SMILES string of the molecule is Cc1ccc(C[C@@H]2C[C@H](F)CN2C[C@@H](O)CO[C@H](C)c2ccccc2-c2ccc(C(=O)O)c(C)c2)cc1F. The second kappa shape index (κ2) is 12.2. The summed E-state index contributed by atoms with van der Waals surface area (Å²) < 4.78 is 34.3. The van der Waals surface area contributed by atoms with Crippen molar-refractivity contribution in [3.8, 4) is 11.1 Å². The molecule has 0 spiro atoms. The van der Waals surface area contributed by atoms with Crippen LogP contribution in [0.4, 0.5) is 8.78 Å². The Morgan fingerprint density at radius 2 is 1.87 bits per heavy atom. The summed E-state index contributed by atoms with van der Waals surface area (Å²) in [5, 5.41) is 20.1. The van der Waals surface area contributed by atoms with Gasteiger partial charge < -0.3 is 14.9 Å². The van der Waals surface area contributed by atoms with Crippen LogP contribution in [0.15, 0.2) is 60.7 Å². The highest BCUT2D eigenvalue weighted by atomic mass is 19.1. The minimum Gasteiger partial charge on any atom is -0.478 e. The molecule has 4 rings (SSSR count). The predicted octanol–water partition coefficient (Wildman–Crippen LogP) is 5.90. The number of carboxylic acid groups (broad SMARTS) is 1. The van der Waals surface area contributed by atoms with Gasteiger partial charge in [0.05, 0.1) is 24.4 Å². The van der Waals surface area contributed by atoms with Gasteiger partial charge in [-0.1, -0.05) is 48.5 Å². The van der Waals surface area contributed by atoms with E-state index in [1.165, 1.54) is 6.07 Å². The molecule has 3 aromatic carbocycles. The molecule has 38 heavy (non-hydrogen) atoms. The maximum absolute atomic E-state index is 14.3. The smallest absolute Gasteiger partial charge is 0.335 e. The topological polar surface area (TPSA) is 70.0 Å². The number of rotatable bonds is 10. The summed E-state index contributed by atoms with van der Waals surface area (Å²) in [5.74, 6) is -1.22. The average molecular weight is 524 g/mol. The monoisotopic (exact) mass is 523 g/mol. The second-order valence-corrected chi connectivity index (χ2v) is 10.3. The molecule has 0 aromatic heterocycles. The van der Waals surface area contributed by atoms with Crippen LogP contribution in [0.1, 0.15) is 52.1 Å². The lowest BCUT2D eigenvalue weighted by Crippen LogP contribution is -2.39. The van der Waals surface area contributed by atoms with Crippen molar-refractivity contribution in [1.82, 2.24) is 4.90 Å². The Hall–Kier alpha value is -3.13. The molecule has 0 saturated carbocycles. The van der Waals surface area contributed by atoms with E-state index in [1.807, 2.05) is 48.2 Å². The highest BCUT2D eigenvalue weighted by Gasteiger charge is 2.33.